The van der Waals surface area contributed by atoms with Crippen LogP contribution in [-0.2, 0) is 0 Å². The highest BCUT2D eigenvalue weighted by Gasteiger charge is 2.10. The Morgan fingerprint density at radius 2 is 2.00 bits per heavy atom. The highest BCUT2D eigenvalue weighted by atomic mass is 14.2. The fraction of sp³-hybridized carbons (Fsp3) is 0.600. The maximum atomic E-state index is 3.64. The Balaban J connectivity index is 3.84. The molecule has 0 heterocycles. The van der Waals surface area contributed by atoms with Gasteiger partial charge in [-0.25, -0.2) is 0 Å². The normalized spacial score (nSPS) is 12.3. The highest BCUT2D eigenvalue weighted by molar-refractivity contribution is 5.03. The molecular formula is C10H18. The van der Waals surface area contributed by atoms with Gasteiger partial charge in [0.25, 0.3) is 0 Å². The van der Waals surface area contributed by atoms with E-state index in [1.54, 1.807) is 0 Å². The molecule has 58 valence electrons. The van der Waals surface area contributed by atoms with Crippen molar-refractivity contribution in [2.24, 2.45) is 5.41 Å². The van der Waals surface area contributed by atoms with Crippen LogP contribution in [0.4, 0.5) is 0 Å². The predicted octanol–water partition coefficient (Wildman–Crippen LogP) is 3.55. The molecule has 0 nitrogen and oxygen atoms in total. The Hall–Kier alpha value is -0.520. The summed E-state index contributed by atoms with van der Waals surface area (Å²) in [5, 5.41) is 0. The number of hydrogen-bond donors (Lipinski definition) is 0. The van der Waals surface area contributed by atoms with Crippen LogP contribution in [0.3, 0.4) is 0 Å². The van der Waals surface area contributed by atoms with Crippen molar-refractivity contribution < 1.29 is 0 Å². The van der Waals surface area contributed by atoms with E-state index in [1.165, 1.54) is 12.8 Å². The summed E-state index contributed by atoms with van der Waals surface area (Å²) in [7, 11) is 0. The van der Waals surface area contributed by atoms with Gasteiger partial charge in [-0.15, -0.1) is 0 Å². The molecule has 0 bridgehead atoms. The molecule has 0 radical (unpaired) electrons. The number of hydrogen-bond acceptors (Lipinski definition) is 0. The Bertz CT molecular complexity index is 118. The Morgan fingerprint density at radius 1 is 1.40 bits per heavy atom. The molecule has 0 aliphatic carbocycles. The SMILES string of the molecule is C=C/C=C\C(C)(C)CCC. The zero-order chi connectivity index (χ0) is 8.04. The van der Waals surface area contributed by atoms with Crippen LogP contribution in [0, 0.1) is 5.41 Å². The highest BCUT2D eigenvalue weighted by Crippen LogP contribution is 2.23. The fourth-order valence-electron chi connectivity index (χ4n) is 1.06. The quantitative estimate of drug-likeness (QED) is 0.521. The zero-order valence-corrected chi connectivity index (χ0v) is 7.35. The van der Waals surface area contributed by atoms with Crippen molar-refractivity contribution in [1.82, 2.24) is 0 Å². The van der Waals surface area contributed by atoms with E-state index in [1.807, 2.05) is 12.2 Å². The summed E-state index contributed by atoms with van der Waals surface area (Å²) >= 11 is 0. The maximum absolute atomic E-state index is 3.64. The molecule has 0 atom stereocenters. The third-order valence-electron chi connectivity index (χ3n) is 1.58. The monoisotopic (exact) mass is 138 g/mol. The zero-order valence-electron chi connectivity index (χ0n) is 7.35. The lowest BCUT2D eigenvalue weighted by Crippen LogP contribution is -2.05. The smallest absolute Gasteiger partial charge is 0.0172 e. The van der Waals surface area contributed by atoms with Gasteiger partial charge in [-0.1, -0.05) is 52.0 Å². The first-order chi connectivity index (χ1) is 4.62. The average Bonchev–Trinajstić information content (AvgIpc) is 1.84. The molecule has 10 heavy (non-hydrogen) atoms. The summed E-state index contributed by atoms with van der Waals surface area (Å²) < 4.78 is 0. The molecule has 0 aliphatic rings. The second kappa shape index (κ2) is 4.32. The largest absolute Gasteiger partial charge is 0.0991 e. The molecule has 0 aromatic heterocycles. The van der Waals surface area contributed by atoms with Crippen LogP contribution < -0.4 is 0 Å². The lowest BCUT2D eigenvalue weighted by atomic mass is 9.88. The second-order valence-corrected chi connectivity index (χ2v) is 3.33. The lowest BCUT2D eigenvalue weighted by Gasteiger charge is -2.18. The van der Waals surface area contributed by atoms with Gasteiger partial charge in [0.05, 0.1) is 0 Å². The Labute approximate surface area is 64.6 Å². The second-order valence-electron chi connectivity index (χ2n) is 3.33. The first-order valence-electron chi connectivity index (χ1n) is 3.92. The Kier molecular flexibility index (Phi) is 4.10. The first-order valence-corrected chi connectivity index (χ1v) is 3.92. The molecule has 0 aromatic rings. The van der Waals surface area contributed by atoms with Crippen molar-refractivity contribution in [3.8, 4) is 0 Å². The summed E-state index contributed by atoms with van der Waals surface area (Å²) in [6, 6.07) is 0. The van der Waals surface area contributed by atoms with Crippen molar-refractivity contribution in [2.75, 3.05) is 0 Å². The molecular weight excluding hydrogens is 120 g/mol. The van der Waals surface area contributed by atoms with Crippen LogP contribution in [0.15, 0.2) is 24.8 Å². The Morgan fingerprint density at radius 3 is 2.40 bits per heavy atom. The minimum absolute atomic E-state index is 0.350. The molecule has 0 spiro atoms. The molecule has 0 aromatic carbocycles. The van der Waals surface area contributed by atoms with Gasteiger partial charge in [-0.05, 0) is 11.8 Å². The van der Waals surface area contributed by atoms with Gasteiger partial charge in [0.1, 0.15) is 0 Å². The minimum atomic E-state index is 0.350. The van der Waals surface area contributed by atoms with Crippen LogP contribution >= 0.6 is 0 Å². The molecule has 0 fully saturated rings. The molecule has 0 aliphatic heterocycles. The topological polar surface area (TPSA) is 0 Å². The van der Waals surface area contributed by atoms with Gasteiger partial charge in [0.15, 0.2) is 0 Å². The molecule has 0 heteroatoms. The van der Waals surface area contributed by atoms with Crippen molar-refractivity contribution in [2.45, 2.75) is 33.6 Å². The summed E-state index contributed by atoms with van der Waals surface area (Å²) in [6.07, 6.45) is 8.56. The molecule has 0 amide bonds. The molecule has 0 saturated heterocycles. The van der Waals surface area contributed by atoms with E-state index in [-0.39, 0.29) is 0 Å². The number of rotatable bonds is 4. The van der Waals surface area contributed by atoms with Crippen LogP contribution in [0.25, 0.3) is 0 Å². The van der Waals surface area contributed by atoms with E-state index in [2.05, 4.69) is 33.4 Å². The summed E-state index contributed by atoms with van der Waals surface area (Å²) in [5.74, 6) is 0. The minimum Gasteiger partial charge on any atom is -0.0991 e. The van der Waals surface area contributed by atoms with Crippen LogP contribution in [0.1, 0.15) is 33.6 Å². The van der Waals surface area contributed by atoms with Crippen molar-refractivity contribution >= 4 is 0 Å². The summed E-state index contributed by atoms with van der Waals surface area (Å²) in [6.45, 7) is 10.3. The molecule has 0 unspecified atom stereocenters. The molecule has 0 N–H and O–H groups in total. The summed E-state index contributed by atoms with van der Waals surface area (Å²) in [5.41, 5.74) is 0.350. The lowest BCUT2D eigenvalue weighted by molar-refractivity contribution is 0.432. The summed E-state index contributed by atoms with van der Waals surface area (Å²) in [4.78, 5) is 0. The van der Waals surface area contributed by atoms with Gasteiger partial charge in [-0.3, -0.25) is 0 Å². The predicted molar refractivity (Wildman–Crippen MR) is 48.0 cm³/mol. The van der Waals surface area contributed by atoms with Crippen LogP contribution in [-0.4, -0.2) is 0 Å². The maximum Gasteiger partial charge on any atom is -0.0172 e. The van der Waals surface area contributed by atoms with Crippen molar-refractivity contribution in [1.29, 1.82) is 0 Å². The van der Waals surface area contributed by atoms with E-state index in [4.69, 9.17) is 0 Å². The third kappa shape index (κ3) is 4.37. The van der Waals surface area contributed by atoms with E-state index in [0.29, 0.717) is 5.41 Å². The van der Waals surface area contributed by atoms with Gasteiger partial charge in [-0.2, -0.15) is 0 Å². The third-order valence-corrected chi connectivity index (χ3v) is 1.58. The average molecular weight is 138 g/mol. The van der Waals surface area contributed by atoms with E-state index >= 15 is 0 Å². The van der Waals surface area contributed by atoms with Gasteiger partial charge < -0.3 is 0 Å². The van der Waals surface area contributed by atoms with Crippen molar-refractivity contribution in [3.63, 3.8) is 0 Å². The van der Waals surface area contributed by atoms with Crippen LogP contribution in [0.5, 0.6) is 0 Å². The van der Waals surface area contributed by atoms with Gasteiger partial charge >= 0.3 is 0 Å². The molecule has 0 saturated carbocycles. The van der Waals surface area contributed by atoms with E-state index in [0.717, 1.165) is 0 Å². The fourth-order valence-corrected chi connectivity index (χ4v) is 1.06. The molecule has 0 rings (SSSR count). The van der Waals surface area contributed by atoms with Crippen molar-refractivity contribution in [3.05, 3.63) is 24.8 Å². The standard InChI is InChI=1S/C10H18/c1-5-7-9-10(3,4)8-6-2/h5,7,9H,1,6,8H2,2-4H3/b9-7-. The van der Waals surface area contributed by atoms with E-state index in [9.17, 15) is 0 Å². The van der Waals surface area contributed by atoms with Gasteiger partial charge in [0, 0.05) is 0 Å². The van der Waals surface area contributed by atoms with Gasteiger partial charge in [0.2, 0.25) is 0 Å². The number of allylic oxidation sites excluding steroid dienone is 3. The first kappa shape index (κ1) is 9.48. The van der Waals surface area contributed by atoms with Crippen LogP contribution in [0.2, 0.25) is 0 Å². The van der Waals surface area contributed by atoms with E-state index < -0.39 is 0 Å².